The van der Waals surface area contributed by atoms with Gasteiger partial charge in [-0.25, -0.2) is 0 Å². The van der Waals surface area contributed by atoms with E-state index in [1.165, 1.54) is 7.11 Å². The molecule has 0 aliphatic heterocycles. The molecule has 8 nitrogen and oxygen atoms in total. The second-order valence-electron chi connectivity index (χ2n) is 5.00. The SMILES string of the molecule is COc1ccc(-c2noc(C(=O)NCc3ccccn3)n2)cc1OC. The summed E-state index contributed by atoms with van der Waals surface area (Å²) in [5.41, 5.74) is 1.38. The van der Waals surface area contributed by atoms with E-state index in [0.29, 0.717) is 17.1 Å². The molecule has 3 rings (SSSR count). The van der Waals surface area contributed by atoms with Gasteiger partial charge in [-0.05, 0) is 30.3 Å². The molecular formula is C17H16N4O4. The molecule has 0 unspecified atom stereocenters. The second kappa shape index (κ2) is 7.43. The molecule has 0 saturated carbocycles. The van der Waals surface area contributed by atoms with Crippen LogP contribution in [0.2, 0.25) is 0 Å². The minimum atomic E-state index is -0.468. The molecule has 1 amide bonds. The number of aromatic nitrogens is 3. The number of amides is 1. The first kappa shape index (κ1) is 16.4. The lowest BCUT2D eigenvalue weighted by atomic mass is 10.2. The molecule has 0 aliphatic carbocycles. The summed E-state index contributed by atoms with van der Waals surface area (Å²) in [5, 5.41) is 6.51. The van der Waals surface area contributed by atoms with Crippen LogP contribution in [0, 0.1) is 0 Å². The number of pyridine rings is 1. The molecule has 1 N–H and O–H groups in total. The Morgan fingerprint density at radius 1 is 1.16 bits per heavy atom. The molecule has 0 fully saturated rings. The summed E-state index contributed by atoms with van der Waals surface area (Å²) in [6.07, 6.45) is 1.66. The van der Waals surface area contributed by atoms with E-state index in [1.807, 2.05) is 12.1 Å². The van der Waals surface area contributed by atoms with Crippen LogP contribution in [0.5, 0.6) is 11.5 Å². The van der Waals surface area contributed by atoms with Crippen LogP contribution in [-0.2, 0) is 6.54 Å². The number of nitrogens with one attached hydrogen (secondary N) is 1. The number of nitrogens with zero attached hydrogens (tertiary/aromatic N) is 3. The van der Waals surface area contributed by atoms with Crippen molar-refractivity contribution in [1.82, 2.24) is 20.4 Å². The Morgan fingerprint density at radius 2 is 2.00 bits per heavy atom. The van der Waals surface area contributed by atoms with Crippen LogP contribution in [0.4, 0.5) is 0 Å². The van der Waals surface area contributed by atoms with Crippen molar-refractivity contribution >= 4 is 5.91 Å². The highest BCUT2D eigenvalue weighted by Gasteiger charge is 2.17. The van der Waals surface area contributed by atoms with E-state index in [1.54, 1.807) is 37.6 Å². The van der Waals surface area contributed by atoms with Crippen LogP contribution < -0.4 is 14.8 Å². The maximum Gasteiger partial charge on any atom is 0.316 e. The summed E-state index contributed by atoms with van der Waals surface area (Å²) in [6, 6.07) is 10.6. The number of rotatable bonds is 6. The van der Waals surface area contributed by atoms with Gasteiger partial charge in [0, 0.05) is 11.8 Å². The third-order valence-electron chi connectivity index (χ3n) is 3.42. The van der Waals surface area contributed by atoms with Crippen LogP contribution in [0.25, 0.3) is 11.4 Å². The lowest BCUT2D eigenvalue weighted by Gasteiger charge is -2.07. The average molecular weight is 340 g/mol. The normalized spacial score (nSPS) is 10.3. The number of ether oxygens (including phenoxy) is 2. The second-order valence-corrected chi connectivity index (χ2v) is 5.00. The summed E-state index contributed by atoms with van der Waals surface area (Å²) in [6.45, 7) is 0.272. The molecular weight excluding hydrogens is 324 g/mol. The number of carbonyl (C=O) groups is 1. The van der Waals surface area contributed by atoms with Crippen molar-refractivity contribution in [2.75, 3.05) is 14.2 Å². The van der Waals surface area contributed by atoms with E-state index in [4.69, 9.17) is 14.0 Å². The highest BCUT2D eigenvalue weighted by Crippen LogP contribution is 2.31. The molecule has 2 aromatic heterocycles. The summed E-state index contributed by atoms with van der Waals surface area (Å²) in [7, 11) is 3.09. The predicted molar refractivity (Wildman–Crippen MR) is 88.2 cm³/mol. The van der Waals surface area contributed by atoms with Gasteiger partial charge < -0.3 is 19.3 Å². The van der Waals surface area contributed by atoms with Gasteiger partial charge in [0.25, 0.3) is 0 Å². The fourth-order valence-electron chi connectivity index (χ4n) is 2.16. The number of hydrogen-bond donors (Lipinski definition) is 1. The number of hydrogen-bond acceptors (Lipinski definition) is 7. The van der Waals surface area contributed by atoms with Gasteiger partial charge in [-0.15, -0.1) is 0 Å². The zero-order valence-electron chi connectivity index (χ0n) is 13.7. The van der Waals surface area contributed by atoms with Crippen LogP contribution in [0.15, 0.2) is 47.1 Å². The van der Waals surface area contributed by atoms with Crippen molar-refractivity contribution in [3.8, 4) is 22.9 Å². The van der Waals surface area contributed by atoms with Gasteiger partial charge in [-0.2, -0.15) is 4.98 Å². The Kier molecular flexibility index (Phi) is 4.89. The smallest absolute Gasteiger partial charge is 0.316 e. The quantitative estimate of drug-likeness (QED) is 0.733. The van der Waals surface area contributed by atoms with E-state index in [9.17, 15) is 4.79 Å². The van der Waals surface area contributed by atoms with E-state index in [-0.39, 0.29) is 18.3 Å². The van der Waals surface area contributed by atoms with Crippen LogP contribution in [0.1, 0.15) is 16.4 Å². The first-order valence-electron chi connectivity index (χ1n) is 7.45. The summed E-state index contributed by atoms with van der Waals surface area (Å²) in [4.78, 5) is 20.3. The van der Waals surface area contributed by atoms with Gasteiger partial charge in [0.2, 0.25) is 5.82 Å². The maximum absolute atomic E-state index is 12.1. The van der Waals surface area contributed by atoms with Gasteiger partial charge in [-0.1, -0.05) is 11.2 Å². The Labute approximate surface area is 143 Å². The van der Waals surface area contributed by atoms with Crippen LogP contribution in [0.3, 0.4) is 0 Å². The fraction of sp³-hybridized carbons (Fsp3) is 0.176. The van der Waals surface area contributed by atoms with Crippen molar-refractivity contribution < 1.29 is 18.8 Å². The first-order chi connectivity index (χ1) is 12.2. The van der Waals surface area contributed by atoms with Gasteiger partial charge in [-0.3, -0.25) is 9.78 Å². The monoisotopic (exact) mass is 340 g/mol. The summed E-state index contributed by atoms with van der Waals surface area (Å²) >= 11 is 0. The topological polar surface area (TPSA) is 99.4 Å². The Morgan fingerprint density at radius 3 is 2.72 bits per heavy atom. The molecule has 3 aromatic rings. The molecule has 0 atom stereocenters. The standard InChI is InChI=1S/C17H16N4O4/c1-23-13-7-6-11(9-14(13)24-2)15-20-17(25-21-15)16(22)19-10-12-5-3-4-8-18-12/h3-9H,10H2,1-2H3,(H,19,22). The molecule has 128 valence electrons. The Balaban J connectivity index is 1.72. The van der Waals surface area contributed by atoms with Crippen molar-refractivity contribution in [3.05, 3.63) is 54.2 Å². The minimum absolute atomic E-state index is 0.124. The summed E-state index contributed by atoms with van der Waals surface area (Å²) in [5.74, 6) is 0.809. The zero-order valence-corrected chi connectivity index (χ0v) is 13.7. The van der Waals surface area contributed by atoms with Crippen molar-refractivity contribution in [3.63, 3.8) is 0 Å². The maximum atomic E-state index is 12.1. The highest BCUT2D eigenvalue weighted by molar-refractivity contribution is 5.89. The Hall–Kier alpha value is -3.42. The van der Waals surface area contributed by atoms with Crippen molar-refractivity contribution in [2.24, 2.45) is 0 Å². The van der Waals surface area contributed by atoms with Gasteiger partial charge >= 0.3 is 11.8 Å². The van der Waals surface area contributed by atoms with Crippen LogP contribution >= 0.6 is 0 Å². The number of carbonyl (C=O) groups excluding carboxylic acids is 1. The molecule has 0 radical (unpaired) electrons. The Bertz CT molecular complexity index is 864. The molecule has 0 aliphatic rings. The molecule has 0 bridgehead atoms. The molecule has 25 heavy (non-hydrogen) atoms. The lowest BCUT2D eigenvalue weighted by molar-refractivity contribution is 0.0906. The third kappa shape index (κ3) is 3.74. The van der Waals surface area contributed by atoms with Gasteiger partial charge in [0.1, 0.15) is 0 Å². The minimum Gasteiger partial charge on any atom is -0.493 e. The first-order valence-corrected chi connectivity index (χ1v) is 7.45. The van der Waals surface area contributed by atoms with Crippen molar-refractivity contribution in [2.45, 2.75) is 6.54 Å². The zero-order chi connectivity index (χ0) is 17.6. The molecule has 0 saturated heterocycles. The lowest BCUT2D eigenvalue weighted by Crippen LogP contribution is -2.23. The average Bonchev–Trinajstić information content (AvgIpc) is 3.16. The van der Waals surface area contributed by atoms with E-state index < -0.39 is 5.91 Å². The molecule has 2 heterocycles. The molecule has 1 aromatic carbocycles. The highest BCUT2D eigenvalue weighted by atomic mass is 16.5. The largest absolute Gasteiger partial charge is 0.493 e. The number of benzene rings is 1. The van der Waals surface area contributed by atoms with Gasteiger partial charge in [0.05, 0.1) is 26.5 Å². The molecule has 0 spiro atoms. The summed E-state index contributed by atoms with van der Waals surface area (Å²) < 4.78 is 15.5. The number of methoxy groups -OCH3 is 2. The molecule has 8 heteroatoms. The fourth-order valence-corrected chi connectivity index (χ4v) is 2.16. The predicted octanol–water partition coefficient (Wildman–Crippen LogP) is 2.08. The third-order valence-corrected chi connectivity index (χ3v) is 3.42. The van der Waals surface area contributed by atoms with Crippen LogP contribution in [-0.4, -0.2) is 35.3 Å². The van der Waals surface area contributed by atoms with E-state index in [2.05, 4.69) is 20.4 Å². The van der Waals surface area contributed by atoms with Gasteiger partial charge in [0.15, 0.2) is 11.5 Å². The van der Waals surface area contributed by atoms with E-state index in [0.717, 1.165) is 5.69 Å². The van der Waals surface area contributed by atoms with E-state index >= 15 is 0 Å². The van der Waals surface area contributed by atoms with Crippen molar-refractivity contribution in [1.29, 1.82) is 0 Å².